The van der Waals surface area contributed by atoms with Crippen molar-refractivity contribution in [3.63, 3.8) is 0 Å². The SMILES string of the molecule is CCS(=O)(=O)[C@@]1(C#N)C[C@@H](COC)C[C@@H]1C. The van der Waals surface area contributed by atoms with Crippen LogP contribution in [-0.4, -0.2) is 32.6 Å². The summed E-state index contributed by atoms with van der Waals surface area (Å²) in [6.45, 7) is 3.99. The number of rotatable bonds is 4. The van der Waals surface area contributed by atoms with Crippen molar-refractivity contribution in [2.45, 2.75) is 31.4 Å². The van der Waals surface area contributed by atoms with Gasteiger partial charge in [-0.1, -0.05) is 13.8 Å². The summed E-state index contributed by atoms with van der Waals surface area (Å²) in [7, 11) is -1.72. The molecule has 1 fully saturated rings. The number of nitriles is 1. The minimum atomic E-state index is -3.33. The zero-order chi connectivity index (χ0) is 12.4. The maximum Gasteiger partial charge on any atom is 0.169 e. The first kappa shape index (κ1) is 13.5. The summed E-state index contributed by atoms with van der Waals surface area (Å²) in [6, 6.07) is 2.06. The van der Waals surface area contributed by atoms with Gasteiger partial charge in [0.15, 0.2) is 14.6 Å². The Balaban J connectivity index is 3.04. The van der Waals surface area contributed by atoms with E-state index in [-0.39, 0.29) is 17.6 Å². The Hall–Kier alpha value is -0.600. The van der Waals surface area contributed by atoms with Crippen molar-refractivity contribution in [2.75, 3.05) is 19.5 Å². The van der Waals surface area contributed by atoms with Crippen LogP contribution in [0.25, 0.3) is 0 Å². The van der Waals surface area contributed by atoms with Gasteiger partial charge in [-0.05, 0) is 24.7 Å². The molecule has 0 saturated heterocycles. The average Bonchev–Trinajstić information content (AvgIpc) is 2.57. The van der Waals surface area contributed by atoms with E-state index in [9.17, 15) is 13.7 Å². The summed E-state index contributed by atoms with van der Waals surface area (Å²) >= 11 is 0. The van der Waals surface area contributed by atoms with E-state index in [0.717, 1.165) is 6.42 Å². The number of methoxy groups -OCH3 is 1. The maximum absolute atomic E-state index is 12.1. The van der Waals surface area contributed by atoms with Crippen molar-refractivity contribution in [3.05, 3.63) is 0 Å². The number of sulfone groups is 1. The van der Waals surface area contributed by atoms with E-state index in [1.54, 1.807) is 14.0 Å². The van der Waals surface area contributed by atoms with Gasteiger partial charge in [-0.3, -0.25) is 0 Å². The van der Waals surface area contributed by atoms with E-state index < -0.39 is 14.6 Å². The first-order valence-corrected chi connectivity index (χ1v) is 7.21. The minimum absolute atomic E-state index is 0.0323. The Morgan fingerprint density at radius 2 is 2.19 bits per heavy atom. The molecule has 1 saturated carbocycles. The fourth-order valence-corrected chi connectivity index (χ4v) is 4.54. The van der Waals surface area contributed by atoms with Gasteiger partial charge in [0.2, 0.25) is 0 Å². The second kappa shape index (κ2) is 4.72. The van der Waals surface area contributed by atoms with Crippen LogP contribution < -0.4 is 0 Å². The molecule has 16 heavy (non-hydrogen) atoms. The predicted molar refractivity (Wildman–Crippen MR) is 61.6 cm³/mol. The highest BCUT2D eigenvalue weighted by Gasteiger charge is 2.53. The van der Waals surface area contributed by atoms with Crippen LogP contribution in [0.15, 0.2) is 0 Å². The number of hydrogen-bond donors (Lipinski definition) is 0. The molecular weight excluding hydrogens is 226 g/mol. The van der Waals surface area contributed by atoms with Crippen LogP contribution in [0.4, 0.5) is 0 Å². The van der Waals surface area contributed by atoms with Crippen LogP contribution in [0, 0.1) is 23.2 Å². The molecule has 0 aromatic heterocycles. The van der Waals surface area contributed by atoms with Gasteiger partial charge in [0, 0.05) is 19.5 Å². The Labute approximate surface area is 97.5 Å². The summed E-state index contributed by atoms with van der Waals surface area (Å²) in [4.78, 5) is 0. The van der Waals surface area contributed by atoms with Gasteiger partial charge in [0.1, 0.15) is 0 Å². The fraction of sp³-hybridized carbons (Fsp3) is 0.909. The van der Waals surface area contributed by atoms with E-state index in [1.807, 2.05) is 6.92 Å². The van der Waals surface area contributed by atoms with Gasteiger partial charge in [-0.15, -0.1) is 0 Å². The molecule has 0 aliphatic heterocycles. The van der Waals surface area contributed by atoms with Crippen molar-refractivity contribution < 1.29 is 13.2 Å². The molecule has 0 aromatic rings. The molecule has 0 N–H and O–H groups in total. The highest BCUT2D eigenvalue weighted by Crippen LogP contribution is 2.45. The fourth-order valence-electron chi connectivity index (χ4n) is 2.68. The van der Waals surface area contributed by atoms with Gasteiger partial charge in [0.25, 0.3) is 0 Å². The molecule has 0 unspecified atom stereocenters. The lowest BCUT2D eigenvalue weighted by atomic mass is 9.99. The Bertz CT molecular complexity index is 385. The molecule has 0 radical (unpaired) electrons. The highest BCUT2D eigenvalue weighted by atomic mass is 32.2. The predicted octanol–water partition coefficient (Wildman–Crippen LogP) is 1.38. The number of nitrogens with zero attached hydrogens (tertiary/aromatic N) is 1. The van der Waals surface area contributed by atoms with Gasteiger partial charge in [0.05, 0.1) is 6.07 Å². The molecule has 92 valence electrons. The molecule has 1 aliphatic carbocycles. The molecule has 0 amide bonds. The van der Waals surface area contributed by atoms with Crippen LogP contribution in [0.2, 0.25) is 0 Å². The lowest BCUT2D eigenvalue weighted by molar-refractivity contribution is 0.153. The summed E-state index contributed by atoms with van der Waals surface area (Å²) in [5.74, 6) is 0.105. The van der Waals surface area contributed by atoms with Gasteiger partial charge in [-0.25, -0.2) is 8.42 Å². The molecule has 3 atom stereocenters. The molecule has 1 aliphatic rings. The number of ether oxygens (including phenoxy) is 1. The lowest BCUT2D eigenvalue weighted by Crippen LogP contribution is -2.41. The van der Waals surface area contributed by atoms with E-state index in [1.165, 1.54) is 0 Å². The largest absolute Gasteiger partial charge is 0.384 e. The number of hydrogen-bond acceptors (Lipinski definition) is 4. The molecule has 0 aromatic carbocycles. The third-order valence-corrected chi connectivity index (χ3v) is 6.13. The zero-order valence-electron chi connectivity index (χ0n) is 10.1. The second-order valence-electron chi connectivity index (χ2n) is 4.57. The Kier molecular flexibility index (Phi) is 3.97. The summed E-state index contributed by atoms with van der Waals surface area (Å²) in [5.41, 5.74) is 0. The normalized spacial score (nSPS) is 34.9. The van der Waals surface area contributed by atoms with Crippen molar-refractivity contribution in [1.29, 1.82) is 5.26 Å². The topological polar surface area (TPSA) is 67.2 Å². The first-order chi connectivity index (χ1) is 7.43. The monoisotopic (exact) mass is 245 g/mol. The molecule has 4 nitrogen and oxygen atoms in total. The van der Waals surface area contributed by atoms with Crippen molar-refractivity contribution >= 4 is 9.84 Å². The van der Waals surface area contributed by atoms with E-state index in [4.69, 9.17) is 4.74 Å². The standard InChI is InChI=1S/C11H19NO3S/c1-4-16(13,14)11(8-12)6-10(7-15-3)5-9(11)2/h9-10H,4-7H2,1-3H3/t9-,10-,11+/m0/s1. The van der Waals surface area contributed by atoms with Crippen LogP contribution in [0.5, 0.6) is 0 Å². The van der Waals surface area contributed by atoms with Crippen LogP contribution in [0.3, 0.4) is 0 Å². The van der Waals surface area contributed by atoms with Crippen molar-refractivity contribution in [1.82, 2.24) is 0 Å². The van der Waals surface area contributed by atoms with E-state index in [2.05, 4.69) is 6.07 Å². The van der Waals surface area contributed by atoms with E-state index in [0.29, 0.717) is 13.0 Å². The third-order valence-electron chi connectivity index (χ3n) is 3.60. The molecule has 0 bridgehead atoms. The van der Waals surface area contributed by atoms with Crippen molar-refractivity contribution in [3.8, 4) is 6.07 Å². The molecule has 1 rings (SSSR count). The Morgan fingerprint density at radius 3 is 2.62 bits per heavy atom. The van der Waals surface area contributed by atoms with Gasteiger partial charge >= 0.3 is 0 Å². The van der Waals surface area contributed by atoms with Gasteiger partial charge < -0.3 is 4.74 Å². The second-order valence-corrected chi connectivity index (χ2v) is 7.10. The van der Waals surface area contributed by atoms with Crippen molar-refractivity contribution in [2.24, 2.45) is 11.8 Å². The van der Waals surface area contributed by atoms with Crippen LogP contribution >= 0.6 is 0 Å². The summed E-state index contributed by atoms with van der Waals surface area (Å²) in [6.07, 6.45) is 1.16. The Morgan fingerprint density at radius 1 is 1.56 bits per heavy atom. The highest BCUT2D eigenvalue weighted by molar-refractivity contribution is 7.93. The first-order valence-electron chi connectivity index (χ1n) is 5.56. The molecule has 5 heteroatoms. The van der Waals surface area contributed by atoms with Gasteiger partial charge in [-0.2, -0.15) is 5.26 Å². The lowest BCUT2D eigenvalue weighted by Gasteiger charge is -2.25. The molecular formula is C11H19NO3S. The quantitative estimate of drug-likeness (QED) is 0.750. The summed E-state index contributed by atoms with van der Waals surface area (Å²) < 4.78 is 28.0. The zero-order valence-corrected chi connectivity index (χ0v) is 10.9. The van der Waals surface area contributed by atoms with E-state index >= 15 is 0 Å². The smallest absolute Gasteiger partial charge is 0.169 e. The molecule has 0 spiro atoms. The maximum atomic E-state index is 12.1. The minimum Gasteiger partial charge on any atom is -0.384 e. The third kappa shape index (κ3) is 1.96. The van der Waals surface area contributed by atoms with Crippen LogP contribution in [0.1, 0.15) is 26.7 Å². The molecule has 0 heterocycles. The van der Waals surface area contributed by atoms with Crippen LogP contribution in [-0.2, 0) is 14.6 Å². The average molecular weight is 245 g/mol. The summed E-state index contributed by atoms with van der Waals surface area (Å²) in [5, 5.41) is 9.27.